The lowest BCUT2D eigenvalue weighted by molar-refractivity contribution is -0.154. The van der Waals surface area contributed by atoms with Gasteiger partial charge >= 0.3 is 5.97 Å². The van der Waals surface area contributed by atoms with Gasteiger partial charge in [0.2, 0.25) is 0 Å². The molecule has 1 saturated carbocycles. The normalized spacial score (nSPS) is 18.2. The SMILES string of the molecule is O=C(O)C1(Cc2cccc(Cl)c2)CCC1. The van der Waals surface area contributed by atoms with Crippen molar-refractivity contribution in [1.29, 1.82) is 0 Å². The molecule has 0 spiro atoms. The van der Waals surface area contributed by atoms with Gasteiger partial charge in [-0.2, -0.15) is 0 Å². The molecule has 2 rings (SSSR count). The van der Waals surface area contributed by atoms with Gasteiger partial charge in [-0.15, -0.1) is 0 Å². The molecule has 0 atom stereocenters. The Morgan fingerprint density at radius 2 is 2.20 bits per heavy atom. The summed E-state index contributed by atoms with van der Waals surface area (Å²) in [4.78, 5) is 11.2. The lowest BCUT2D eigenvalue weighted by Gasteiger charge is -2.37. The lowest BCUT2D eigenvalue weighted by atomic mass is 9.65. The molecular formula is C12H13ClO2. The molecule has 0 aliphatic heterocycles. The maximum atomic E-state index is 11.2. The van der Waals surface area contributed by atoms with E-state index in [0.717, 1.165) is 24.8 Å². The van der Waals surface area contributed by atoms with Crippen LogP contribution in [-0.4, -0.2) is 11.1 Å². The molecule has 0 saturated heterocycles. The van der Waals surface area contributed by atoms with Crippen LogP contribution >= 0.6 is 11.6 Å². The molecule has 1 N–H and O–H groups in total. The topological polar surface area (TPSA) is 37.3 Å². The number of halogens is 1. The summed E-state index contributed by atoms with van der Waals surface area (Å²) in [6.07, 6.45) is 3.19. The van der Waals surface area contributed by atoms with Crippen LogP contribution in [0.2, 0.25) is 5.02 Å². The van der Waals surface area contributed by atoms with Gasteiger partial charge in [-0.3, -0.25) is 4.79 Å². The molecule has 0 radical (unpaired) electrons. The van der Waals surface area contributed by atoms with Crippen LogP contribution in [0.15, 0.2) is 24.3 Å². The average Bonchev–Trinajstić information content (AvgIpc) is 2.11. The first-order chi connectivity index (χ1) is 7.12. The molecule has 0 amide bonds. The Kier molecular flexibility index (Phi) is 2.70. The van der Waals surface area contributed by atoms with E-state index in [2.05, 4.69) is 0 Å². The average molecular weight is 225 g/mol. The molecule has 0 unspecified atom stereocenters. The number of carboxylic acid groups (broad SMARTS) is 1. The number of carboxylic acids is 1. The van der Waals surface area contributed by atoms with Gasteiger partial charge in [0, 0.05) is 5.02 Å². The van der Waals surface area contributed by atoms with Crippen LogP contribution in [0.1, 0.15) is 24.8 Å². The van der Waals surface area contributed by atoms with E-state index in [1.165, 1.54) is 0 Å². The highest BCUT2D eigenvalue weighted by Gasteiger charge is 2.44. The van der Waals surface area contributed by atoms with Crippen molar-refractivity contribution in [1.82, 2.24) is 0 Å². The third-order valence-electron chi connectivity index (χ3n) is 3.20. The molecule has 1 aromatic rings. The number of aliphatic carboxylic acids is 1. The molecule has 3 heteroatoms. The number of rotatable bonds is 3. The predicted molar refractivity (Wildman–Crippen MR) is 59.1 cm³/mol. The molecule has 0 bridgehead atoms. The van der Waals surface area contributed by atoms with Crippen molar-refractivity contribution in [3.8, 4) is 0 Å². The van der Waals surface area contributed by atoms with Crippen molar-refractivity contribution >= 4 is 17.6 Å². The Morgan fingerprint density at radius 1 is 1.47 bits per heavy atom. The van der Waals surface area contributed by atoms with E-state index in [-0.39, 0.29) is 0 Å². The highest BCUT2D eigenvalue weighted by Crippen LogP contribution is 2.44. The van der Waals surface area contributed by atoms with Crippen molar-refractivity contribution in [2.45, 2.75) is 25.7 Å². The quantitative estimate of drug-likeness (QED) is 0.857. The Labute approximate surface area is 93.9 Å². The molecule has 1 aliphatic carbocycles. The highest BCUT2D eigenvalue weighted by molar-refractivity contribution is 6.30. The van der Waals surface area contributed by atoms with Gasteiger partial charge < -0.3 is 5.11 Å². The van der Waals surface area contributed by atoms with Crippen LogP contribution in [0.3, 0.4) is 0 Å². The van der Waals surface area contributed by atoms with Crippen LogP contribution in [0, 0.1) is 5.41 Å². The minimum Gasteiger partial charge on any atom is -0.481 e. The first kappa shape index (κ1) is 10.5. The van der Waals surface area contributed by atoms with Crippen LogP contribution in [0.4, 0.5) is 0 Å². The van der Waals surface area contributed by atoms with Gasteiger partial charge in [0.1, 0.15) is 0 Å². The molecule has 1 fully saturated rings. The first-order valence-corrected chi connectivity index (χ1v) is 5.48. The Hall–Kier alpha value is -1.02. The standard InChI is InChI=1S/C12H13ClO2/c13-10-4-1-3-9(7-10)8-12(11(14)15)5-2-6-12/h1,3-4,7H,2,5-6,8H2,(H,14,15). The Balaban J connectivity index is 2.17. The summed E-state index contributed by atoms with van der Waals surface area (Å²) >= 11 is 5.87. The fourth-order valence-corrected chi connectivity index (χ4v) is 2.32. The Morgan fingerprint density at radius 3 is 2.67 bits per heavy atom. The molecular weight excluding hydrogens is 212 g/mol. The minimum atomic E-state index is -0.672. The van der Waals surface area contributed by atoms with Crippen LogP contribution in [0.25, 0.3) is 0 Å². The molecule has 0 heterocycles. The molecule has 1 aromatic carbocycles. The summed E-state index contributed by atoms with van der Waals surface area (Å²) in [7, 11) is 0. The zero-order valence-electron chi connectivity index (χ0n) is 8.37. The smallest absolute Gasteiger partial charge is 0.309 e. The van der Waals surface area contributed by atoms with Gasteiger partial charge in [-0.25, -0.2) is 0 Å². The number of hydrogen-bond acceptors (Lipinski definition) is 1. The summed E-state index contributed by atoms with van der Waals surface area (Å²) < 4.78 is 0. The van der Waals surface area contributed by atoms with E-state index >= 15 is 0 Å². The van der Waals surface area contributed by atoms with E-state index < -0.39 is 11.4 Å². The minimum absolute atomic E-state index is 0.523. The van der Waals surface area contributed by atoms with Gasteiger partial charge in [0.25, 0.3) is 0 Å². The van der Waals surface area contributed by atoms with Crippen LogP contribution in [-0.2, 0) is 11.2 Å². The summed E-state index contributed by atoms with van der Waals surface area (Å²) in [5.41, 5.74) is 0.495. The third kappa shape index (κ3) is 2.00. The van der Waals surface area contributed by atoms with Gasteiger partial charge in [-0.05, 0) is 37.0 Å². The predicted octanol–water partition coefficient (Wildman–Crippen LogP) is 3.14. The number of benzene rings is 1. The molecule has 1 aliphatic rings. The van der Waals surface area contributed by atoms with Gasteiger partial charge in [-0.1, -0.05) is 30.2 Å². The highest BCUT2D eigenvalue weighted by atomic mass is 35.5. The zero-order chi connectivity index (χ0) is 10.9. The van der Waals surface area contributed by atoms with Gasteiger partial charge in [0.05, 0.1) is 5.41 Å². The van der Waals surface area contributed by atoms with Crippen LogP contribution in [0.5, 0.6) is 0 Å². The van der Waals surface area contributed by atoms with E-state index in [9.17, 15) is 9.90 Å². The second kappa shape index (κ2) is 3.86. The molecule has 15 heavy (non-hydrogen) atoms. The van der Waals surface area contributed by atoms with Crippen LogP contribution < -0.4 is 0 Å². The molecule has 80 valence electrons. The summed E-state index contributed by atoms with van der Waals surface area (Å²) in [5.74, 6) is -0.672. The summed E-state index contributed by atoms with van der Waals surface area (Å²) in [6.45, 7) is 0. The van der Waals surface area contributed by atoms with Crippen molar-refractivity contribution in [2.24, 2.45) is 5.41 Å². The second-order valence-corrected chi connectivity index (χ2v) is 4.68. The number of hydrogen-bond donors (Lipinski definition) is 1. The molecule has 2 nitrogen and oxygen atoms in total. The van der Waals surface area contributed by atoms with E-state index in [0.29, 0.717) is 11.4 Å². The van der Waals surface area contributed by atoms with E-state index in [1.807, 2.05) is 18.2 Å². The maximum Gasteiger partial charge on any atom is 0.309 e. The van der Waals surface area contributed by atoms with Crippen molar-refractivity contribution in [3.63, 3.8) is 0 Å². The van der Waals surface area contributed by atoms with Gasteiger partial charge in [0.15, 0.2) is 0 Å². The fraction of sp³-hybridized carbons (Fsp3) is 0.417. The summed E-state index contributed by atoms with van der Waals surface area (Å²) in [5, 5.41) is 9.85. The van der Waals surface area contributed by atoms with E-state index in [4.69, 9.17) is 11.6 Å². The maximum absolute atomic E-state index is 11.2. The molecule has 0 aromatic heterocycles. The lowest BCUT2D eigenvalue weighted by Crippen LogP contribution is -2.39. The van der Waals surface area contributed by atoms with E-state index in [1.54, 1.807) is 6.07 Å². The van der Waals surface area contributed by atoms with Crippen molar-refractivity contribution < 1.29 is 9.90 Å². The summed E-state index contributed by atoms with van der Waals surface area (Å²) in [6, 6.07) is 7.46. The first-order valence-electron chi connectivity index (χ1n) is 5.10. The van der Waals surface area contributed by atoms with Crippen molar-refractivity contribution in [2.75, 3.05) is 0 Å². The fourth-order valence-electron chi connectivity index (χ4n) is 2.11. The van der Waals surface area contributed by atoms with Crippen molar-refractivity contribution in [3.05, 3.63) is 34.9 Å². The second-order valence-electron chi connectivity index (χ2n) is 4.25. The number of carbonyl (C=O) groups is 1. The largest absolute Gasteiger partial charge is 0.481 e. The monoisotopic (exact) mass is 224 g/mol. The zero-order valence-corrected chi connectivity index (χ0v) is 9.13. The Bertz CT molecular complexity index is 383. The third-order valence-corrected chi connectivity index (χ3v) is 3.43.